The van der Waals surface area contributed by atoms with Gasteiger partial charge in [0.2, 0.25) is 0 Å². The zero-order chi connectivity index (χ0) is 14.1. The first-order valence-corrected chi connectivity index (χ1v) is 7.06. The van der Waals surface area contributed by atoms with Crippen LogP contribution in [0.5, 0.6) is 0 Å². The van der Waals surface area contributed by atoms with Crippen molar-refractivity contribution in [2.24, 2.45) is 0 Å². The monoisotopic (exact) mass is 269 g/mol. The van der Waals surface area contributed by atoms with Crippen LogP contribution < -0.4 is 0 Å². The number of hydrogen-bond donors (Lipinski definition) is 0. The Morgan fingerprint density at radius 2 is 2.05 bits per heavy atom. The second-order valence-electron chi connectivity index (χ2n) is 5.54. The maximum Gasteiger partial charge on any atom is 0.254 e. The van der Waals surface area contributed by atoms with E-state index in [2.05, 4.69) is 6.92 Å². The van der Waals surface area contributed by atoms with Gasteiger partial charge in [-0.15, -0.1) is 0 Å². The standard InChI is InChI=1S/C17H19NO2/c1-12-5-6-14(10-13(12)2)17(19)18(15-7-8-15)11-16-4-3-9-20-16/h3-6,9-10,15H,7-8,11H2,1-2H3. The first-order chi connectivity index (χ1) is 9.65. The zero-order valence-electron chi connectivity index (χ0n) is 11.9. The summed E-state index contributed by atoms with van der Waals surface area (Å²) in [5.74, 6) is 0.945. The van der Waals surface area contributed by atoms with E-state index < -0.39 is 0 Å². The Bertz CT molecular complexity index is 612. The van der Waals surface area contributed by atoms with Crippen LogP contribution in [0, 0.1) is 13.8 Å². The lowest BCUT2D eigenvalue weighted by Gasteiger charge is -2.21. The molecule has 1 amide bonds. The van der Waals surface area contributed by atoms with Crippen molar-refractivity contribution in [1.29, 1.82) is 0 Å². The van der Waals surface area contributed by atoms with Gasteiger partial charge in [0.15, 0.2) is 0 Å². The lowest BCUT2D eigenvalue weighted by Crippen LogP contribution is -2.32. The van der Waals surface area contributed by atoms with E-state index in [1.54, 1.807) is 6.26 Å². The Hall–Kier alpha value is -2.03. The van der Waals surface area contributed by atoms with E-state index in [0.29, 0.717) is 12.6 Å². The fraction of sp³-hybridized carbons (Fsp3) is 0.353. The molecule has 20 heavy (non-hydrogen) atoms. The van der Waals surface area contributed by atoms with Crippen LogP contribution >= 0.6 is 0 Å². The van der Waals surface area contributed by atoms with E-state index in [4.69, 9.17) is 4.42 Å². The van der Waals surface area contributed by atoms with Gasteiger partial charge in [0.1, 0.15) is 5.76 Å². The van der Waals surface area contributed by atoms with E-state index in [9.17, 15) is 4.79 Å². The van der Waals surface area contributed by atoms with Gasteiger partial charge < -0.3 is 9.32 Å². The van der Waals surface area contributed by atoms with Crippen LogP contribution in [0.3, 0.4) is 0 Å². The van der Waals surface area contributed by atoms with Gasteiger partial charge in [0.05, 0.1) is 12.8 Å². The molecule has 0 N–H and O–H groups in total. The number of amides is 1. The smallest absolute Gasteiger partial charge is 0.254 e. The predicted molar refractivity (Wildman–Crippen MR) is 77.5 cm³/mol. The van der Waals surface area contributed by atoms with Crippen molar-refractivity contribution < 1.29 is 9.21 Å². The molecule has 3 heteroatoms. The molecule has 2 aromatic rings. The summed E-state index contributed by atoms with van der Waals surface area (Å²) in [7, 11) is 0. The van der Waals surface area contributed by atoms with Crippen molar-refractivity contribution in [3.63, 3.8) is 0 Å². The summed E-state index contributed by atoms with van der Waals surface area (Å²) in [5.41, 5.74) is 3.14. The highest BCUT2D eigenvalue weighted by Crippen LogP contribution is 2.30. The molecule has 1 aliphatic rings. The quantitative estimate of drug-likeness (QED) is 0.848. The molecule has 1 heterocycles. The summed E-state index contributed by atoms with van der Waals surface area (Å²) in [6, 6.07) is 10.1. The number of carbonyl (C=O) groups is 1. The second-order valence-corrected chi connectivity index (χ2v) is 5.54. The first-order valence-electron chi connectivity index (χ1n) is 7.06. The molecule has 0 unspecified atom stereocenters. The number of carbonyl (C=O) groups excluding carboxylic acids is 1. The lowest BCUT2D eigenvalue weighted by molar-refractivity contribution is 0.0717. The third kappa shape index (κ3) is 2.62. The van der Waals surface area contributed by atoms with Crippen LogP contribution in [-0.2, 0) is 6.54 Å². The molecule has 1 saturated carbocycles. The molecule has 1 fully saturated rings. The average Bonchev–Trinajstić information content (AvgIpc) is 3.15. The van der Waals surface area contributed by atoms with Gasteiger partial charge in [0, 0.05) is 11.6 Å². The van der Waals surface area contributed by atoms with E-state index >= 15 is 0 Å². The summed E-state index contributed by atoms with van der Waals surface area (Å²) in [5, 5.41) is 0. The lowest BCUT2D eigenvalue weighted by atomic mass is 10.1. The van der Waals surface area contributed by atoms with Crippen molar-refractivity contribution in [1.82, 2.24) is 4.90 Å². The van der Waals surface area contributed by atoms with Crippen molar-refractivity contribution in [2.75, 3.05) is 0 Å². The highest BCUT2D eigenvalue weighted by molar-refractivity contribution is 5.94. The van der Waals surface area contributed by atoms with Gasteiger partial charge in [-0.1, -0.05) is 6.07 Å². The topological polar surface area (TPSA) is 33.5 Å². The van der Waals surface area contributed by atoms with Crippen LogP contribution in [0.1, 0.15) is 40.1 Å². The van der Waals surface area contributed by atoms with Crippen molar-refractivity contribution in [3.8, 4) is 0 Å². The molecule has 0 spiro atoms. The minimum absolute atomic E-state index is 0.104. The average molecular weight is 269 g/mol. The number of nitrogens with zero attached hydrogens (tertiary/aromatic N) is 1. The van der Waals surface area contributed by atoms with E-state index in [0.717, 1.165) is 29.7 Å². The number of furan rings is 1. The Balaban J connectivity index is 1.83. The van der Waals surface area contributed by atoms with Crippen LogP contribution in [0.4, 0.5) is 0 Å². The van der Waals surface area contributed by atoms with Gasteiger partial charge in [-0.05, 0) is 62.1 Å². The largest absolute Gasteiger partial charge is 0.467 e. The second kappa shape index (κ2) is 5.16. The van der Waals surface area contributed by atoms with Gasteiger partial charge in [0.25, 0.3) is 5.91 Å². The van der Waals surface area contributed by atoms with Gasteiger partial charge in [-0.25, -0.2) is 0 Å². The molecule has 1 aromatic heterocycles. The molecular weight excluding hydrogens is 250 g/mol. The normalized spacial score (nSPS) is 14.3. The highest BCUT2D eigenvalue weighted by Gasteiger charge is 2.33. The number of aryl methyl sites for hydroxylation is 2. The molecule has 1 aromatic carbocycles. The number of rotatable bonds is 4. The van der Waals surface area contributed by atoms with E-state index in [1.807, 2.05) is 42.2 Å². The molecule has 1 aliphatic carbocycles. The summed E-state index contributed by atoms with van der Waals surface area (Å²) in [6.45, 7) is 4.66. The Labute approximate surface area is 119 Å². The Morgan fingerprint density at radius 3 is 2.65 bits per heavy atom. The Kier molecular flexibility index (Phi) is 3.35. The van der Waals surface area contributed by atoms with Gasteiger partial charge in [-0.2, -0.15) is 0 Å². The van der Waals surface area contributed by atoms with Crippen LogP contribution in [0.2, 0.25) is 0 Å². The number of hydrogen-bond acceptors (Lipinski definition) is 2. The van der Waals surface area contributed by atoms with Crippen molar-refractivity contribution in [3.05, 3.63) is 59.0 Å². The van der Waals surface area contributed by atoms with Crippen LogP contribution in [-0.4, -0.2) is 16.8 Å². The minimum atomic E-state index is 0.104. The molecule has 3 rings (SSSR count). The van der Waals surface area contributed by atoms with Crippen molar-refractivity contribution in [2.45, 2.75) is 39.3 Å². The van der Waals surface area contributed by atoms with E-state index in [1.165, 1.54) is 5.56 Å². The fourth-order valence-corrected chi connectivity index (χ4v) is 2.36. The van der Waals surface area contributed by atoms with E-state index in [-0.39, 0.29) is 5.91 Å². The van der Waals surface area contributed by atoms with Crippen molar-refractivity contribution >= 4 is 5.91 Å². The summed E-state index contributed by atoms with van der Waals surface area (Å²) < 4.78 is 5.38. The number of benzene rings is 1. The highest BCUT2D eigenvalue weighted by atomic mass is 16.3. The maximum absolute atomic E-state index is 12.7. The minimum Gasteiger partial charge on any atom is -0.467 e. The SMILES string of the molecule is Cc1ccc(C(=O)N(Cc2ccco2)C2CC2)cc1C. The molecule has 0 bridgehead atoms. The van der Waals surface area contributed by atoms with Gasteiger partial charge >= 0.3 is 0 Å². The van der Waals surface area contributed by atoms with Crippen LogP contribution in [0.15, 0.2) is 41.0 Å². The third-order valence-corrected chi connectivity index (χ3v) is 3.91. The first kappa shape index (κ1) is 13.0. The molecule has 0 atom stereocenters. The van der Waals surface area contributed by atoms with Gasteiger partial charge in [-0.3, -0.25) is 4.79 Å². The maximum atomic E-state index is 12.7. The zero-order valence-corrected chi connectivity index (χ0v) is 11.9. The summed E-state index contributed by atoms with van der Waals surface area (Å²) >= 11 is 0. The third-order valence-electron chi connectivity index (χ3n) is 3.91. The Morgan fingerprint density at radius 1 is 1.25 bits per heavy atom. The molecule has 0 radical (unpaired) electrons. The molecule has 3 nitrogen and oxygen atoms in total. The molecular formula is C17H19NO2. The molecule has 104 valence electrons. The fourth-order valence-electron chi connectivity index (χ4n) is 2.36. The molecule has 0 saturated heterocycles. The summed E-state index contributed by atoms with van der Waals surface area (Å²) in [4.78, 5) is 14.6. The summed E-state index contributed by atoms with van der Waals surface area (Å²) in [6.07, 6.45) is 3.84. The molecule has 0 aliphatic heterocycles. The van der Waals surface area contributed by atoms with Crippen LogP contribution in [0.25, 0.3) is 0 Å². The predicted octanol–water partition coefficient (Wildman–Crippen LogP) is 3.70.